The van der Waals surface area contributed by atoms with Gasteiger partial charge < -0.3 is 19.7 Å². The molecule has 0 heterocycles. The normalized spacial score (nSPS) is 14.3. The number of phenols is 1. The van der Waals surface area contributed by atoms with Gasteiger partial charge >= 0.3 is 0 Å². The average Bonchev–Trinajstić information content (AvgIpc) is 2.88. The highest BCUT2D eigenvalue weighted by Crippen LogP contribution is 2.37. The van der Waals surface area contributed by atoms with Gasteiger partial charge in [0.05, 0.1) is 52.1 Å². The smallest absolute Gasteiger partial charge is 0.200 e. The third-order valence-corrected chi connectivity index (χ3v) is 7.50. The number of hydrogen-bond donors (Lipinski definition) is 3. The van der Waals surface area contributed by atoms with Gasteiger partial charge in [-0.1, -0.05) is 24.3 Å². The molecule has 37 heavy (non-hydrogen) atoms. The molecular weight excluding hydrogens is 606 g/mol. The molecule has 1 aliphatic rings. The zero-order valence-corrected chi connectivity index (χ0v) is 23.6. The Hall–Kier alpha value is -2.40. The first kappa shape index (κ1) is 27.6. The third kappa shape index (κ3) is 6.03. The van der Waals surface area contributed by atoms with Crippen LogP contribution >= 0.6 is 31.9 Å². The van der Waals surface area contributed by atoms with Crippen LogP contribution in [0.3, 0.4) is 0 Å². The molecule has 9 heteroatoms. The molecule has 3 aromatic rings. The van der Waals surface area contributed by atoms with Crippen molar-refractivity contribution in [3.8, 4) is 5.75 Å². The fraction of sp³-hybridized carbons (Fsp3) is 0.286. The largest absolute Gasteiger partial charge is 0.507 e. The molecule has 0 bridgehead atoms. The number of benzene rings is 3. The van der Waals surface area contributed by atoms with E-state index in [0.717, 1.165) is 20.2 Å². The fourth-order valence-corrected chi connectivity index (χ4v) is 5.71. The first-order valence-electron chi connectivity index (χ1n) is 11.9. The van der Waals surface area contributed by atoms with Gasteiger partial charge in [-0.05, 0) is 75.9 Å². The average molecular weight is 634 g/mol. The number of hydrogen-bond acceptors (Lipinski definition) is 6. The summed E-state index contributed by atoms with van der Waals surface area (Å²) in [6.07, 6.45) is 0.360. The van der Waals surface area contributed by atoms with Gasteiger partial charge in [-0.3, -0.25) is 14.9 Å². The second-order valence-corrected chi connectivity index (χ2v) is 10.7. The molecule has 4 rings (SSSR count). The zero-order chi connectivity index (χ0) is 26.7. The third-order valence-electron chi connectivity index (χ3n) is 6.19. The van der Waals surface area contributed by atoms with E-state index in [-0.39, 0.29) is 47.3 Å². The minimum absolute atomic E-state index is 0.0250. The molecule has 0 aliphatic heterocycles. The number of quaternary nitrogens is 1. The van der Waals surface area contributed by atoms with Crippen LogP contribution in [0.2, 0.25) is 0 Å². The summed E-state index contributed by atoms with van der Waals surface area (Å²) in [6, 6.07) is 13.7. The number of carbonyl (C=O) groups is 2. The van der Waals surface area contributed by atoms with E-state index in [1.54, 1.807) is 37.3 Å². The molecule has 0 fully saturated rings. The maximum absolute atomic E-state index is 13.4. The van der Waals surface area contributed by atoms with Crippen molar-refractivity contribution in [1.29, 1.82) is 0 Å². The van der Waals surface area contributed by atoms with Crippen LogP contribution in [0.15, 0.2) is 57.5 Å². The topological polar surface area (TPSA) is 110 Å². The molecule has 0 saturated heterocycles. The van der Waals surface area contributed by atoms with Crippen LogP contribution in [0.4, 0.5) is 11.4 Å². The number of ether oxygens (including phenoxy) is 2. The van der Waals surface area contributed by atoms with Gasteiger partial charge in [0, 0.05) is 17.2 Å². The standard InChI is InChI=1S/C28H27Br2NO6/c1-15(13-32)37-14-16(2)36-10-9-17-11-20(29)26(21(30)12-17)31-22-7-8-23(33)25-24(22)27(34)18-5-3-4-6-19(18)28(25)35/h3-8,11-12,15-16,31-33H,9-10,13-14H2,1-2H3/p+1. The number of nitrogens with two attached hydrogens (primary N) is 1. The Morgan fingerprint density at radius 2 is 1.51 bits per heavy atom. The zero-order valence-electron chi connectivity index (χ0n) is 20.5. The van der Waals surface area contributed by atoms with E-state index in [1.165, 1.54) is 6.07 Å². The van der Waals surface area contributed by atoms with E-state index in [4.69, 9.17) is 14.6 Å². The van der Waals surface area contributed by atoms with E-state index in [1.807, 2.05) is 24.4 Å². The monoisotopic (exact) mass is 632 g/mol. The van der Waals surface area contributed by atoms with Gasteiger partial charge in [0.1, 0.15) is 11.4 Å². The fourth-order valence-electron chi connectivity index (χ4n) is 4.20. The van der Waals surface area contributed by atoms with E-state index < -0.39 is 0 Å². The molecule has 2 unspecified atom stereocenters. The molecule has 0 aromatic heterocycles. The highest BCUT2D eigenvalue weighted by Gasteiger charge is 2.35. The number of aliphatic hydroxyl groups is 1. The summed E-state index contributed by atoms with van der Waals surface area (Å²) < 4.78 is 12.9. The number of aliphatic hydroxyl groups excluding tert-OH is 1. The Kier molecular flexibility index (Phi) is 8.94. The minimum Gasteiger partial charge on any atom is -0.507 e. The number of aromatic hydroxyl groups is 1. The molecule has 4 N–H and O–H groups in total. The molecule has 194 valence electrons. The van der Waals surface area contributed by atoms with Crippen molar-refractivity contribution in [1.82, 2.24) is 0 Å². The quantitative estimate of drug-likeness (QED) is 0.174. The lowest BCUT2D eigenvalue weighted by atomic mass is 9.82. The summed E-state index contributed by atoms with van der Waals surface area (Å²) in [5.41, 5.74) is 3.25. The molecule has 0 saturated carbocycles. The van der Waals surface area contributed by atoms with Gasteiger partial charge in [0.15, 0.2) is 11.5 Å². The van der Waals surface area contributed by atoms with Crippen molar-refractivity contribution in [2.24, 2.45) is 0 Å². The molecule has 0 amide bonds. The van der Waals surface area contributed by atoms with Gasteiger partial charge in [-0.15, -0.1) is 0 Å². The molecule has 1 aliphatic carbocycles. The van der Waals surface area contributed by atoms with E-state index in [0.29, 0.717) is 36.4 Å². The summed E-state index contributed by atoms with van der Waals surface area (Å²) in [5.74, 6) is -0.865. The molecule has 7 nitrogen and oxygen atoms in total. The Labute approximate surface area is 232 Å². The van der Waals surface area contributed by atoms with Crippen LogP contribution in [-0.4, -0.2) is 53.8 Å². The number of fused-ring (bicyclic) bond motifs is 2. The van der Waals surface area contributed by atoms with Crippen molar-refractivity contribution < 1.29 is 34.6 Å². The Morgan fingerprint density at radius 1 is 0.892 bits per heavy atom. The highest BCUT2D eigenvalue weighted by molar-refractivity contribution is 9.11. The van der Waals surface area contributed by atoms with Crippen molar-refractivity contribution in [3.05, 3.63) is 85.3 Å². The Bertz CT molecular complexity index is 1320. The van der Waals surface area contributed by atoms with Crippen molar-refractivity contribution >= 4 is 54.8 Å². The molecule has 0 spiro atoms. The number of ketones is 2. The second kappa shape index (κ2) is 12.0. The van der Waals surface area contributed by atoms with Gasteiger partial charge in [-0.25, -0.2) is 0 Å². The molecule has 3 aromatic carbocycles. The van der Waals surface area contributed by atoms with Gasteiger partial charge in [0.2, 0.25) is 5.78 Å². The maximum Gasteiger partial charge on any atom is 0.200 e. The van der Waals surface area contributed by atoms with Crippen LogP contribution in [-0.2, 0) is 15.9 Å². The van der Waals surface area contributed by atoms with Crippen molar-refractivity contribution in [2.45, 2.75) is 32.5 Å². The van der Waals surface area contributed by atoms with E-state index in [9.17, 15) is 14.7 Å². The molecule has 0 radical (unpaired) electrons. The first-order valence-corrected chi connectivity index (χ1v) is 13.5. The Balaban J connectivity index is 1.52. The first-order chi connectivity index (χ1) is 17.7. The lowest BCUT2D eigenvalue weighted by Crippen LogP contribution is -2.72. The van der Waals surface area contributed by atoms with Crippen LogP contribution in [0.25, 0.3) is 0 Å². The number of halogens is 2. The van der Waals surface area contributed by atoms with Crippen LogP contribution in [0.1, 0.15) is 51.3 Å². The minimum atomic E-state index is -0.364. The lowest BCUT2D eigenvalue weighted by molar-refractivity contribution is -0.480. The number of phenolic OH excluding ortho intramolecular Hbond substituents is 1. The predicted octanol–water partition coefficient (Wildman–Crippen LogP) is 4.56. The summed E-state index contributed by atoms with van der Waals surface area (Å²) in [7, 11) is 0. The summed E-state index contributed by atoms with van der Waals surface area (Å²) in [6.45, 7) is 4.62. The summed E-state index contributed by atoms with van der Waals surface area (Å²) in [5, 5.41) is 21.3. The SMILES string of the molecule is CC(CO)OCC(C)OCCc1cc(Br)c([NH2+]c2ccc(O)c3c2C(=O)c2ccccc2C3=O)c(Br)c1. The number of carbonyl (C=O) groups excluding carboxylic acids is 2. The number of rotatable bonds is 10. The van der Waals surface area contributed by atoms with Crippen LogP contribution < -0.4 is 5.32 Å². The highest BCUT2D eigenvalue weighted by atomic mass is 79.9. The van der Waals surface area contributed by atoms with Gasteiger partial charge in [0.25, 0.3) is 0 Å². The summed E-state index contributed by atoms with van der Waals surface area (Å²) in [4.78, 5) is 26.5. The van der Waals surface area contributed by atoms with Crippen molar-refractivity contribution in [2.75, 3.05) is 19.8 Å². The predicted molar refractivity (Wildman–Crippen MR) is 146 cm³/mol. The van der Waals surface area contributed by atoms with E-state index >= 15 is 0 Å². The lowest BCUT2D eigenvalue weighted by Gasteiger charge is -2.20. The van der Waals surface area contributed by atoms with E-state index in [2.05, 4.69) is 31.9 Å². The van der Waals surface area contributed by atoms with Crippen LogP contribution in [0, 0.1) is 0 Å². The van der Waals surface area contributed by atoms with Gasteiger partial charge in [-0.2, -0.15) is 0 Å². The summed E-state index contributed by atoms with van der Waals surface area (Å²) >= 11 is 7.28. The second-order valence-electron chi connectivity index (χ2n) is 9.00. The molecule has 2 atom stereocenters. The molecular formula is C28H28Br2NO6+. The Morgan fingerprint density at radius 3 is 2.14 bits per heavy atom. The maximum atomic E-state index is 13.4. The van der Waals surface area contributed by atoms with Crippen LogP contribution in [0.5, 0.6) is 5.75 Å². The van der Waals surface area contributed by atoms with Crippen molar-refractivity contribution in [3.63, 3.8) is 0 Å².